The Kier molecular flexibility index (Phi) is 6.60. The Labute approximate surface area is 211 Å². The fourth-order valence-electron chi connectivity index (χ4n) is 8.01. The summed E-state index contributed by atoms with van der Waals surface area (Å²) < 4.78 is 28.5. The van der Waals surface area contributed by atoms with Crippen LogP contribution in [0, 0.1) is 28.6 Å². The van der Waals surface area contributed by atoms with E-state index in [-0.39, 0.29) is 31.0 Å². The van der Waals surface area contributed by atoms with E-state index in [9.17, 15) is 24.3 Å². The highest BCUT2D eigenvalue weighted by Gasteiger charge is 2.77. The molecule has 4 aliphatic rings. The van der Waals surface area contributed by atoms with Gasteiger partial charge in [-0.05, 0) is 50.7 Å². The third-order valence-corrected chi connectivity index (χ3v) is 9.81. The predicted octanol–water partition coefficient (Wildman–Crippen LogP) is 3.82. The van der Waals surface area contributed by atoms with Crippen molar-refractivity contribution in [2.75, 3.05) is 6.61 Å². The summed E-state index contributed by atoms with van der Waals surface area (Å²) in [4.78, 5) is 50.3. The molecule has 36 heavy (non-hydrogen) atoms. The molecule has 0 aliphatic heterocycles. The molecule has 8 atom stereocenters. The van der Waals surface area contributed by atoms with Gasteiger partial charge in [-0.25, -0.2) is 4.39 Å². The molecular weight excluding hydrogens is 467 g/mol. The fourth-order valence-corrected chi connectivity index (χ4v) is 8.01. The van der Waals surface area contributed by atoms with Gasteiger partial charge >= 0.3 is 11.9 Å². The van der Waals surface area contributed by atoms with Crippen LogP contribution in [0.2, 0.25) is 0 Å². The summed E-state index contributed by atoms with van der Waals surface area (Å²) >= 11 is 0. The van der Waals surface area contributed by atoms with Crippen LogP contribution in [0.5, 0.6) is 0 Å². The van der Waals surface area contributed by atoms with Crippen LogP contribution in [-0.4, -0.2) is 52.6 Å². The molecule has 0 aromatic heterocycles. The summed E-state index contributed by atoms with van der Waals surface area (Å²) in [5, 5.41) is 11.5. The van der Waals surface area contributed by atoms with E-state index in [2.05, 4.69) is 0 Å². The van der Waals surface area contributed by atoms with Gasteiger partial charge < -0.3 is 14.6 Å². The molecule has 0 bridgehead atoms. The van der Waals surface area contributed by atoms with Crippen molar-refractivity contribution in [1.29, 1.82) is 0 Å². The van der Waals surface area contributed by atoms with Gasteiger partial charge in [0.05, 0.1) is 6.10 Å². The number of hydrogen-bond acceptors (Lipinski definition) is 7. The second-order valence-electron chi connectivity index (χ2n) is 11.4. The number of Topliss-reactive ketones (excluding diaryl/α,β-unsaturated/α-hetero) is 1. The van der Waals surface area contributed by atoms with Crippen molar-refractivity contribution in [2.45, 2.75) is 90.5 Å². The highest BCUT2D eigenvalue weighted by molar-refractivity contribution is 6.01. The summed E-state index contributed by atoms with van der Waals surface area (Å²) in [6.07, 6.45) is 4.32. The normalized spacial score (nSPS) is 43.1. The maximum absolute atomic E-state index is 17.4. The van der Waals surface area contributed by atoms with E-state index in [4.69, 9.17) is 9.47 Å². The summed E-state index contributed by atoms with van der Waals surface area (Å²) in [5.74, 6) is -3.31. The van der Waals surface area contributed by atoms with Crippen LogP contribution in [0.4, 0.5) is 4.39 Å². The Morgan fingerprint density at radius 3 is 2.44 bits per heavy atom. The summed E-state index contributed by atoms with van der Waals surface area (Å²) in [6, 6.07) is 0. The monoisotopic (exact) mass is 504 g/mol. The Balaban J connectivity index is 1.80. The van der Waals surface area contributed by atoms with E-state index in [1.54, 1.807) is 33.8 Å². The van der Waals surface area contributed by atoms with Crippen molar-refractivity contribution >= 4 is 23.5 Å². The first-order valence-corrected chi connectivity index (χ1v) is 13.0. The number of esters is 2. The molecule has 198 valence electrons. The molecule has 4 rings (SSSR count). The van der Waals surface area contributed by atoms with Gasteiger partial charge in [0.1, 0.15) is 0 Å². The van der Waals surface area contributed by atoms with Crippen molar-refractivity contribution in [3.8, 4) is 0 Å². The van der Waals surface area contributed by atoms with Crippen LogP contribution < -0.4 is 0 Å². The molecule has 3 saturated carbocycles. The van der Waals surface area contributed by atoms with Crippen LogP contribution in [0.25, 0.3) is 0 Å². The zero-order valence-electron chi connectivity index (χ0n) is 21.8. The zero-order valence-corrected chi connectivity index (χ0v) is 21.8. The Hall–Kier alpha value is -2.35. The Morgan fingerprint density at radius 2 is 1.81 bits per heavy atom. The molecule has 1 N–H and O–H groups in total. The van der Waals surface area contributed by atoms with E-state index in [0.29, 0.717) is 24.8 Å². The lowest BCUT2D eigenvalue weighted by Gasteiger charge is -2.62. The van der Waals surface area contributed by atoms with Gasteiger partial charge in [0.2, 0.25) is 5.78 Å². The highest BCUT2D eigenvalue weighted by atomic mass is 19.1. The molecule has 1 unspecified atom stereocenters. The minimum Gasteiger partial charge on any atom is -0.457 e. The number of halogens is 1. The van der Waals surface area contributed by atoms with E-state index in [1.807, 2.05) is 6.92 Å². The highest BCUT2D eigenvalue weighted by Crippen LogP contribution is 2.71. The van der Waals surface area contributed by atoms with Crippen LogP contribution in [0.15, 0.2) is 23.8 Å². The molecule has 0 amide bonds. The molecule has 8 heteroatoms. The first kappa shape index (κ1) is 26.7. The van der Waals surface area contributed by atoms with Gasteiger partial charge in [0.25, 0.3) is 0 Å². The SMILES string of the molecule is CCC(=O)OCC(=O)[C@@]1(OC(=O)CC)[C@@H](C)CC2[C@@H]3CCC4=CC(=O)C=C[C@]4(C)[C@@]3(F)[C@@H](O)C[C@@]21C. The average molecular weight is 505 g/mol. The van der Waals surface area contributed by atoms with Crippen LogP contribution in [0.1, 0.15) is 73.1 Å². The summed E-state index contributed by atoms with van der Waals surface area (Å²) in [7, 11) is 0. The van der Waals surface area contributed by atoms with E-state index in [1.165, 1.54) is 12.2 Å². The van der Waals surface area contributed by atoms with Crippen molar-refractivity contribution in [2.24, 2.45) is 28.6 Å². The first-order chi connectivity index (χ1) is 16.8. The van der Waals surface area contributed by atoms with E-state index < -0.39 is 64.4 Å². The topological polar surface area (TPSA) is 107 Å². The van der Waals surface area contributed by atoms with Gasteiger partial charge in [0, 0.05) is 35.5 Å². The average Bonchev–Trinajstić information content (AvgIpc) is 3.05. The lowest BCUT2D eigenvalue weighted by Crippen LogP contribution is -2.70. The van der Waals surface area contributed by atoms with Crippen LogP contribution in [-0.2, 0) is 28.7 Å². The molecule has 0 aromatic rings. The van der Waals surface area contributed by atoms with Crippen molar-refractivity contribution in [3.05, 3.63) is 23.8 Å². The first-order valence-electron chi connectivity index (χ1n) is 13.0. The van der Waals surface area contributed by atoms with Gasteiger partial charge in [-0.2, -0.15) is 0 Å². The van der Waals surface area contributed by atoms with Crippen LogP contribution in [0.3, 0.4) is 0 Å². The molecule has 0 spiro atoms. The lowest BCUT2D eigenvalue weighted by atomic mass is 9.44. The minimum atomic E-state index is -2.05. The van der Waals surface area contributed by atoms with Crippen molar-refractivity contribution in [1.82, 2.24) is 0 Å². The van der Waals surface area contributed by atoms with E-state index in [0.717, 1.165) is 0 Å². The molecule has 7 nitrogen and oxygen atoms in total. The number of aliphatic hydroxyl groups is 1. The third kappa shape index (κ3) is 3.39. The number of allylic oxidation sites excluding steroid dienone is 4. The quantitative estimate of drug-likeness (QED) is 0.548. The third-order valence-electron chi connectivity index (χ3n) is 9.81. The number of carbonyl (C=O) groups excluding carboxylic acids is 4. The molecule has 0 aromatic carbocycles. The maximum atomic E-state index is 17.4. The zero-order chi connectivity index (χ0) is 26.7. The van der Waals surface area contributed by atoms with Crippen LogP contribution >= 0.6 is 0 Å². The Bertz CT molecular complexity index is 1050. The molecular formula is C28H37FO7. The van der Waals surface area contributed by atoms with Gasteiger partial charge in [0.15, 0.2) is 23.7 Å². The standard InChI is InChI=1S/C28H37FO7/c1-6-23(33)35-15-22(32)28(36-24(34)7-2)16(3)12-20-19-9-8-17-13-18(30)10-11-25(17,4)27(19,29)21(31)14-26(20,28)5/h10-11,13,16,19-21,31H,6-9,12,14-15H2,1-5H3/t16-,19-,20?,21-,25-,26-,27-,28-/m0/s1. The van der Waals surface area contributed by atoms with E-state index >= 15 is 4.39 Å². The largest absolute Gasteiger partial charge is 0.457 e. The minimum absolute atomic E-state index is 0.0430. The number of rotatable bonds is 6. The molecule has 0 heterocycles. The number of aliphatic hydroxyl groups excluding tert-OH is 1. The number of alkyl halides is 1. The predicted molar refractivity (Wildman–Crippen MR) is 128 cm³/mol. The summed E-state index contributed by atoms with van der Waals surface area (Å²) in [5.41, 5.74) is -5.26. The Morgan fingerprint density at radius 1 is 1.14 bits per heavy atom. The fraction of sp³-hybridized carbons (Fsp3) is 0.714. The smallest absolute Gasteiger partial charge is 0.306 e. The number of ketones is 2. The maximum Gasteiger partial charge on any atom is 0.306 e. The summed E-state index contributed by atoms with van der Waals surface area (Å²) in [6.45, 7) is 8.05. The number of hydrogen-bond donors (Lipinski definition) is 1. The second kappa shape index (κ2) is 8.89. The van der Waals surface area contributed by atoms with Crippen molar-refractivity contribution in [3.63, 3.8) is 0 Å². The number of ether oxygens (including phenoxy) is 2. The van der Waals surface area contributed by atoms with Gasteiger partial charge in [-0.3, -0.25) is 19.2 Å². The molecule has 0 radical (unpaired) electrons. The molecule has 3 fully saturated rings. The number of fused-ring (bicyclic) bond motifs is 5. The molecule has 4 aliphatic carbocycles. The van der Waals surface area contributed by atoms with Crippen molar-refractivity contribution < 1.29 is 38.1 Å². The molecule has 0 saturated heterocycles. The lowest BCUT2D eigenvalue weighted by molar-refractivity contribution is -0.228. The van der Waals surface area contributed by atoms with Gasteiger partial charge in [-0.1, -0.05) is 39.3 Å². The van der Waals surface area contributed by atoms with Gasteiger partial charge in [-0.15, -0.1) is 0 Å². The second-order valence-corrected chi connectivity index (χ2v) is 11.4. The number of carbonyl (C=O) groups is 4.